The number of aromatic nitrogens is 1. The molecule has 1 unspecified atom stereocenters. The van der Waals surface area contributed by atoms with Crippen molar-refractivity contribution >= 4 is 17.4 Å². The van der Waals surface area contributed by atoms with E-state index in [0.29, 0.717) is 30.9 Å². The van der Waals surface area contributed by atoms with Gasteiger partial charge >= 0.3 is 0 Å². The van der Waals surface area contributed by atoms with Crippen molar-refractivity contribution in [3.8, 4) is 5.75 Å². The molecule has 0 saturated carbocycles. The van der Waals surface area contributed by atoms with Crippen LogP contribution in [0.15, 0.2) is 78.6 Å². The average Bonchev–Trinajstić information content (AvgIpc) is 3.13. The summed E-state index contributed by atoms with van der Waals surface area (Å²) < 4.78 is 5.95. The first-order valence-corrected chi connectivity index (χ1v) is 12.0. The van der Waals surface area contributed by atoms with Crippen LogP contribution < -0.4 is 4.74 Å². The molecule has 7 nitrogen and oxygen atoms in total. The molecule has 3 aromatic rings. The van der Waals surface area contributed by atoms with Gasteiger partial charge in [-0.15, -0.1) is 0 Å². The quantitative estimate of drug-likeness (QED) is 0.276. The molecule has 4 rings (SSSR count). The van der Waals surface area contributed by atoms with Crippen LogP contribution in [-0.4, -0.2) is 58.8 Å². The standard InChI is InChI=1S/C29H31N3O4/c1-20-18-23(10-11-24(20)36-19-21-8-5-4-6-9-21)27(33)25-26(22-12-14-30-15-13-22)32(29(35)28(25)34)17-7-16-31(2)3/h4-6,8-15,18,26,33H,7,16-17,19H2,1-3H3. The molecule has 7 heteroatoms. The van der Waals surface area contributed by atoms with Gasteiger partial charge in [-0.05, 0) is 81.0 Å². The third-order valence-electron chi connectivity index (χ3n) is 6.25. The lowest BCUT2D eigenvalue weighted by Gasteiger charge is -2.25. The molecule has 0 spiro atoms. The van der Waals surface area contributed by atoms with E-state index in [-0.39, 0.29) is 11.3 Å². The zero-order valence-electron chi connectivity index (χ0n) is 20.8. The van der Waals surface area contributed by atoms with E-state index in [1.165, 1.54) is 0 Å². The molecule has 186 valence electrons. The van der Waals surface area contributed by atoms with Gasteiger partial charge in [0.1, 0.15) is 18.1 Å². The highest BCUT2D eigenvalue weighted by molar-refractivity contribution is 6.46. The molecule has 2 aromatic carbocycles. The molecule has 36 heavy (non-hydrogen) atoms. The van der Waals surface area contributed by atoms with E-state index in [1.807, 2.05) is 56.3 Å². The van der Waals surface area contributed by atoms with Crippen molar-refractivity contribution < 1.29 is 19.4 Å². The number of Topliss-reactive ketones (excluding diaryl/α,β-unsaturated/α-hetero) is 1. The number of pyridine rings is 1. The minimum Gasteiger partial charge on any atom is -0.507 e. The highest BCUT2D eigenvalue weighted by atomic mass is 16.5. The minimum absolute atomic E-state index is 0.0911. The second-order valence-electron chi connectivity index (χ2n) is 9.18. The van der Waals surface area contributed by atoms with Crippen molar-refractivity contribution in [2.45, 2.75) is 26.0 Å². The Morgan fingerprint density at radius 3 is 2.44 bits per heavy atom. The van der Waals surface area contributed by atoms with Gasteiger partial charge < -0.3 is 19.6 Å². The van der Waals surface area contributed by atoms with Crippen LogP contribution in [0.4, 0.5) is 0 Å². The SMILES string of the molecule is Cc1cc(C(O)=C2C(=O)C(=O)N(CCCN(C)C)C2c2ccncc2)ccc1OCc1ccccc1. The van der Waals surface area contributed by atoms with Crippen LogP contribution in [-0.2, 0) is 16.2 Å². The number of amides is 1. The van der Waals surface area contributed by atoms with Gasteiger partial charge in [0.15, 0.2) is 0 Å². The third-order valence-corrected chi connectivity index (χ3v) is 6.25. The van der Waals surface area contributed by atoms with Crippen LogP contribution in [0.5, 0.6) is 5.75 Å². The summed E-state index contributed by atoms with van der Waals surface area (Å²) in [5, 5.41) is 11.3. The van der Waals surface area contributed by atoms with Gasteiger partial charge in [-0.25, -0.2) is 0 Å². The van der Waals surface area contributed by atoms with Crippen molar-refractivity contribution in [1.82, 2.24) is 14.8 Å². The molecular formula is C29H31N3O4. The van der Waals surface area contributed by atoms with E-state index in [1.54, 1.807) is 47.6 Å². The Hall–Kier alpha value is -3.97. The van der Waals surface area contributed by atoms with Crippen molar-refractivity contribution in [1.29, 1.82) is 0 Å². The van der Waals surface area contributed by atoms with Gasteiger partial charge in [-0.1, -0.05) is 30.3 Å². The molecule has 1 atom stereocenters. The summed E-state index contributed by atoms with van der Waals surface area (Å²) in [6, 6.07) is 18.0. The number of aryl methyl sites for hydroxylation is 1. The third kappa shape index (κ3) is 5.47. The fourth-order valence-corrected chi connectivity index (χ4v) is 4.41. The number of nitrogens with zero attached hydrogens (tertiary/aromatic N) is 3. The Morgan fingerprint density at radius 1 is 1.06 bits per heavy atom. The number of hydrogen-bond donors (Lipinski definition) is 1. The summed E-state index contributed by atoms with van der Waals surface area (Å²) in [5.74, 6) is -0.786. The molecule has 1 fully saturated rings. The number of ketones is 1. The lowest BCUT2D eigenvalue weighted by atomic mass is 9.95. The number of benzene rings is 2. The molecule has 1 N–H and O–H groups in total. The molecule has 2 heterocycles. The molecule has 1 aliphatic heterocycles. The topological polar surface area (TPSA) is 83.0 Å². The molecule has 0 aliphatic carbocycles. The summed E-state index contributed by atoms with van der Waals surface area (Å²) in [4.78, 5) is 33.8. The van der Waals surface area contributed by atoms with E-state index < -0.39 is 17.7 Å². The first-order chi connectivity index (χ1) is 17.4. The van der Waals surface area contributed by atoms with E-state index in [4.69, 9.17) is 4.74 Å². The van der Waals surface area contributed by atoms with Crippen LogP contribution in [0.3, 0.4) is 0 Å². The van der Waals surface area contributed by atoms with Gasteiger partial charge in [-0.2, -0.15) is 0 Å². The number of ether oxygens (including phenoxy) is 1. The van der Waals surface area contributed by atoms with Gasteiger partial charge in [0.2, 0.25) is 0 Å². The summed E-state index contributed by atoms with van der Waals surface area (Å²) in [7, 11) is 3.92. The maximum Gasteiger partial charge on any atom is 0.295 e. The normalized spacial score (nSPS) is 17.1. The predicted molar refractivity (Wildman–Crippen MR) is 138 cm³/mol. The monoisotopic (exact) mass is 485 g/mol. The molecule has 1 aliphatic rings. The molecule has 1 aromatic heterocycles. The minimum atomic E-state index is -0.679. The van der Waals surface area contributed by atoms with Crippen molar-refractivity contribution in [3.63, 3.8) is 0 Å². The van der Waals surface area contributed by atoms with E-state index in [2.05, 4.69) is 4.98 Å². The van der Waals surface area contributed by atoms with Crippen molar-refractivity contribution in [2.75, 3.05) is 27.2 Å². The summed E-state index contributed by atoms with van der Waals surface area (Å²) >= 11 is 0. The first-order valence-electron chi connectivity index (χ1n) is 12.0. The van der Waals surface area contributed by atoms with Crippen LogP contribution in [0.25, 0.3) is 5.76 Å². The van der Waals surface area contributed by atoms with E-state index >= 15 is 0 Å². The lowest BCUT2D eigenvalue weighted by Crippen LogP contribution is -2.32. The Balaban J connectivity index is 1.66. The summed E-state index contributed by atoms with van der Waals surface area (Å²) in [5.41, 5.74) is 3.15. The second kappa shape index (κ2) is 11.2. The van der Waals surface area contributed by atoms with E-state index in [0.717, 1.165) is 23.2 Å². The summed E-state index contributed by atoms with van der Waals surface area (Å²) in [6.07, 6.45) is 3.95. The maximum absolute atomic E-state index is 13.2. The lowest BCUT2D eigenvalue weighted by molar-refractivity contribution is -0.139. The molecular weight excluding hydrogens is 454 g/mol. The van der Waals surface area contributed by atoms with Gasteiger partial charge in [-0.3, -0.25) is 14.6 Å². The average molecular weight is 486 g/mol. The number of carbonyl (C=O) groups excluding carboxylic acids is 2. The fraction of sp³-hybridized carbons (Fsp3) is 0.276. The number of aliphatic hydroxyl groups excluding tert-OH is 1. The molecule has 1 amide bonds. The van der Waals surface area contributed by atoms with Crippen molar-refractivity contribution in [2.24, 2.45) is 0 Å². The van der Waals surface area contributed by atoms with Gasteiger partial charge in [0.05, 0.1) is 11.6 Å². The molecule has 0 radical (unpaired) electrons. The van der Waals surface area contributed by atoms with Crippen LogP contribution in [0.2, 0.25) is 0 Å². The van der Waals surface area contributed by atoms with Crippen LogP contribution in [0.1, 0.15) is 34.7 Å². The Bertz CT molecular complexity index is 1260. The zero-order valence-corrected chi connectivity index (χ0v) is 20.8. The van der Waals surface area contributed by atoms with E-state index in [9.17, 15) is 14.7 Å². The Kier molecular flexibility index (Phi) is 7.80. The van der Waals surface area contributed by atoms with Gasteiger partial charge in [0.25, 0.3) is 11.7 Å². The maximum atomic E-state index is 13.2. The van der Waals surface area contributed by atoms with Crippen LogP contribution >= 0.6 is 0 Å². The highest BCUT2D eigenvalue weighted by Gasteiger charge is 2.45. The van der Waals surface area contributed by atoms with Crippen LogP contribution in [0, 0.1) is 6.92 Å². The Labute approximate surface area is 211 Å². The van der Waals surface area contributed by atoms with Crippen molar-refractivity contribution in [3.05, 3.63) is 101 Å². The van der Waals surface area contributed by atoms with Gasteiger partial charge in [0, 0.05) is 24.5 Å². The number of aliphatic hydroxyl groups is 1. The molecule has 0 bridgehead atoms. The zero-order chi connectivity index (χ0) is 25.7. The smallest absolute Gasteiger partial charge is 0.295 e. The molecule has 1 saturated heterocycles. The number of likely N-dealkylation sites (tertiary alicyclic amines) is 1. The summed E-state index contributed by atoms with van der Waals surface area (Å²) in [6.45, 7) is 3.48. The number of carbonyl (C=O) groups is 2. The highest BCUT2D eigenvalue weighted by Crippen LogP contribution is 2.39. The fourth-order valence-electron chi connectivity index (χ4n) is 4.41. The number of rotatable bonds is 9. The number of hydrogen-bond acceptors (Lipinski definition) is 6. The second-order valence-corrected chi connectivity index (χ2v) is 9.18. The first kappa shape index (κ1) is 25.1. The Morgan fingerprint density at radius 2 is 1.78 bits per heavy atom. The largest absolute Gasteiger partial charge is 0.507 e. The predicted octanol–water partition coefficient (Wildman–Crippen LogP) is 4.34.